The van der Waals surface area contributed by atoms with Crippen LogP contribution in [0.1, 0.15) is 25.5 Å². The Labute approximate surface area is 155 Å². The summed E-state index contributed by atoms with van der Waals surface area (Å²) in [4.78, 5) is 12.4. The highest BCUT2D eigenvalue weighted by molar-refractivity contribution is 7.80. The molecular weight excluding hydrogens is 366 g/mol. The van der Waals surface area contributed by atoms with Crippen molar-refractivity contribution in [1.29, 1.82) is 0 Å². The molecule has 6 nitrogen and oxygen atoms in total. The van der Waals surface area contributed by atoms with Gasteiger partial charge in [0.2, 0.25) is 0 Å². The van der Waals surface area contributed by atoms with Gasteiger partial charge in [-0.15, -0.1) is 0 Å². The first-order valence-corrected chi connectivity index (χ1v) is 8.21. The Morgan fingerprint density at radius 3 is 2.46 bits per heavy atom. The SMILES string of the molecule is COC(=O)C1=C(C(C)C)NC(=S)N[C@@H]1c1ccc(OC)c(OC(F)F)c1. The van der Waals surface area contributed by atoms with E-state index in [0.717, 1.165) is 0 Å². The van der Waals surface area contributed by atoms with Crippen LogP contribution in [0.25, 0.3) is 0 Å². The number of benzene rings is 1. The van der Waals surface area contributed by atoms with E-state index in [1.807, 2.05) is 13.8 Å². The molecule has 1 heterocycles. The van der Waals surface area contributed by atoms with Gasteiger partial charge in [0, 0.05) is 5.70 Å². The maximum atomic E-state index is 12.7. The highest BCUT2D eigenvalue weighted by atomic mass is 32.1. The smallest absolute Gasteiger partial charge is 0.387 e. The van der Waals surface area contributed by atoms with E-state index in [4.69, 9.17) is 21.7 Å². The number of esters is 1. The maximum absolute atomic E-state index is 12.7. The number of carbonyl (C=O) groups is 1. The molecule has 1 aliphatic rings. The molecule has 2 N–H and O–H groups in total. The molecule has 142 valence electrons. The minimum Gasteiger partial charge on any atom is -0.493 e. The summed E-state index contributed by atoms with van der Waals surface area (Å²) in [6, 6.07) is 3.84. The average Bonchev–Trinajstić information content (AvgIpc) is 2.59. The average molecular weight is 386 g/mol. The quantitative estimate of drug-likeness (QED) is 0.576. The predicted molar refractivity (Wildman–Crippen MR) is 95.1 cm³/mol. The van der Waals surface area contributed by atoms with Crippen LogP contribution in [0.4, 0.5) is 8.78 Å². The molecule has 0 spiro atoms. The van der Waals surface area contributed by atoms with Crippen LogP contribution in [-0.4, -0.2) is 31.9 Å². The first-order valence-electron chi connectivity index (χ1n) is 7.81. The van der Waals surface area contributed by atoms with Crippen molar-refractivity contribution >= 4 is 23.3 Å². The Balaban J connectivity index is 2.58. The van der Waals surface area contributed by atoms with Crippen LogP contribution in [0.15, 0.2) is 29.5 Å². The minimum atomic E-state index is -3.01. The van der Waals surface area contributed by atoms with Crippen molar-refractivity contribution in [2.45, 2.75) is 26.5 Å². The van der Waals surface area contributed by atoms with Gasteiger partial charge in [-0.25, -0.2) is 4.79 Å². The molecule has 0 saturated heterocycles. The first kappa shape index (κ1) is 19.9. The van der Waals surface area contributed by atoms with E-state index in [0.29, 0.717) is 21.9 Å². The summed E-state index contributed by atoms with van der Waals surface area (Å²) >= 11 is 5.22. The van der Waals surface area contributed by atoms with E-state index in [9.17, 15) is 13.6 Å². The Morgan fingerprint density at radius 2 is 1.92 bits per heavy atom. The third kappa shape index (κ3) is 4.21. The number of nitrogens with one attached hydrogen (secondary N) is 2. The molecule has 1 atom stereocenters. The molecule has 1 aliphatic heterocycles. The zero-order chi connectivity index (χ0) is 19.4. The van der Waals surface area contributed by atoms with Gasteiger partial charge in [0.25, 0.3) is 0 Å². The molecule has 0 aromatic heterocycles. The summed E-state index contributed by atoms with van der Waals surface area (Å²) in [7, 11) is 2.62. The number of rotatable bonds is 6. The number of hydrogen-bond acceptors (Lipinski definition) is 5. The number of allylic oxidation sites excluding steroid dienone is 1. The fourth-order valence-corrected chi connectivity index (χ4v) is 2.92. The highest BCUT2D eigenvalue weighted by Gasteiger charge is 2.33. The zero-order valence-corrected chi connectivity index (χ0v) is 15.6. The molecule has 0 aliphatic carbocycles. The van der Waals surface area contributed by atoms with Gasteiger partial charge in [-0.3, -0.25) is 0 Å². The molecule has 0 saturated carbocycles. The van der Waals surface area contributed by atoms with Crippen molar-refractivity contribution in [1.82, 2.24) is 10.6 Å². The van der Waals surface area contributed by atoms with Crippen LogP contribution in [0.2, 0.25) is 0 Å². The van der Waals surface area contributed by atoms with E-state index in [2.05, 4.69) is 15.4 Å². The number of hydrogen-bond donors (Lipinski definition) is 2. The third-order valence-electron chi connectivity index (χ3n) is 3.82. The Bertz CT molecular complexity index is 737. The van der Waals surface area contributed by atoms with Gasteiger partial charge in [0.1, 0.15) is 0 Å². The van der Waals surface area contributed by atoms with Crippen LogP contribution < -0.4 is 20.1 Å². The molecule has 0 amide bonds. The lowest BCUT2D eigenvalue weighted by atomic mass is 9.91. The van der Waals surface area contributed by atoms with Gasteiger partial charge >= 0.3 is 12.6 Å². The molecule has 9 heteroatoms. The van der Waals surface area contributed by atoms with Crippen LogP contribution in [0, 0.1) is 5.92 Å². The normalized spacial score (nSPS) is 17.1. The van der Waals surface area contributed by atoms with Gasteiger partial charge in [0.15, 0.2) is 16.6 Å². The van der Waals surface area contributed by atoms with Crippen LogP contribution >= 0.6 is 12.2 Å². The molecule has 2 rings (SSSR count). The molecule has 1 aromatic carbocycles. The minimum absolute atomic E-state index is 0.0401. The van der Waals surface area contributed by atoms with Crippen molar-refractivity contribution in [3.8, 4) is 11.5 Å². The van der Waals surface area contributed by atoms with E-state index in [1.54, 1.807) is 6.07 Å². The number of ether oxygens (including phenoxy) is 3. The molecule has 0 fully saturated rings. The topological polar surface area (TPSA) is 68.8 Å². The summed E-state index contributed by atoms with van der Waals surface area (Å²) in [6.45, 7) is 0.786. The summed E-state index contributed by atoms with van der Waals surface area (Å²) in [5.74, 6) is -0.574. The van der Waals surface area contributed by atoms with Crippen molar-refractivity contribution in [2.24, 2.45) is 5.92 Å². The van der Waals surface area contributed by atoms with Gasteiger partial charge in [-0.05, 0) is 35.8 Å². The highest BCUT2D eigenvalue weighted by Crippen LogP contribution is 2.36. The Hall–Kier alpha value is -2.42. The number of methoxy groups -OCH3 is 2. The largest absolute Gasteiger partial charge is 0.493 e. The summed E-state index contributed by atoms with van der Waals surface area (Å²) in [6.07, 6.45) is 0. The number of alkyl halides is 2. The fourth-order valence-electron chi connectivity index (χ4n) is 2.69. The van der Waals surface area contributed by atoms with Crippen LogP contribution in [0.5, 0.6) is 11.5 Å². The van der Waals surface area contributed by atoms with Gasteiger partial charge in [-0.1, -0.05) is 19.9 Å². The van der Waals surface area contributed by atoms with Crippen molar-refractivity contribution < 1.29 is 27.8 Å². The number of halogens is 2. The second kappa shape index (κ2) is 8.31. The Kier molecular flexibility index (Phi) is 6.36. The van der Waals surface area contributed by atoms with E-state index in [-0.39, 0.29) is 17.4 Å². The predicted octanol–water partition coefficient (Wildman–Crippen LogP) is 2.90. The molecule has 0 radical (unpaired) electrons. The molecule has 1 aromatic rings. The van der Waals surface area contributed by atoms with E-state index in [1.165, 1.54) is 26.4 Å². The van der Waals surface area contributed by atoms with Crippen molar-refractivity contribution in [3.63, 3.8) is 0 Å². The van der Waals surface area contributed by atoms with Gasteiger partial charge in [0.05, 0.1) is 25.8 Å². The number of thiocarbonyl (C=S) groups is 1. The molecule has 0 unspecified atom stereocenters. The molecule has 26 heavy (non-hydrogen) atoms. The van der Waals surface area contributed by atoms with Gasteiger partial charge < -0.3 is 24.8 Å². The number of carbonyl (C=O) groups excluding carboxylic acids is 1. The van der Waals surface area contributed by atoms with E-state index < -0.39 is 18.6 Å². The summed E-state index contributed by atoms with van der Waals surface area (Å²) in [5.41, 5.74) is 1.44. The second-order valence-electron chi connectivity index (χ2n) is 5.79. The lowest BCUT2D eigenvalue weighted by molar-refractivity contribution is -0.136. The first-order chi connectivity index (χ1) is 12.3. The zero-order valence-electron chi connectivity index (χ0n) is 14.8. The Morgan fingerprint density at radius 1 is 1.23 bits per heavy atom. The van der Waals surface area contributed by atoms with E-state index >= 15 is 0 Å². The second-order valence-corrected chi connectivity index (χ2v) is 6.20. The monoisotopic (exact) mass is 386 g/mol. The molecular formula is C17H20F2N2O4S. The summed E-state index contributed by atoms with van der Waals surface area (Å²) < 4.78 is 39.9. The van der Waals surface area contributed by atoms with Crippen molar-refractivity contribution in [3.05, 3.63) is 35.0 Å². The van der Waals surface area contributed by atoms with Crippen LogP contribution in [0.3, 0.4) is 0 Å². The lowest BCUT2D eigenvalue weighted by Crippen LogP contribution is -2.46. The third-order valence-corrected chi connectivity index (χ3v) is 4.04. The summed E-state index contributed by atoms with van der Waals surface area (Å²) in [5, 5.41) is 6.27. The van der Waals surface area contributed by atoms with Crippen molar-refractivity contribution in [2.75, 3.05) is 14.2 Å². The fraction of sp³-hybridized carbons (Fsp3) is 0.412. The van der Waals surface area contributed by atoms with Crippen LogP contribution in [-0.2, 0) is 9.53 Å². The molecule has 0 bridgehead atoms. The maximum Gasteiger partial charge on any atom is 0.387 e. The standard InChI is InChI=1S/C17H20F2N2O4S/c1-8(2)13-12(15(22)24-4)14(21-17(26)20-13)9-5-6-10(23-3)11(7-9)25-16(18)19/h5-8,14,16H,1-4H3,(H2,20,21,26)/t14-/m1/s1. The lowest BCUT2D eigenvalue weighted by Gasteiger charge is -2.32. The van der Waals surface area contributed by atoms with Gasteiger partial charge in [-0.2, -0.15) is 8.78 Å².